The molecular weight excluding hydrogens is 367 g/mol. The van der Waals surface area contributed by atoms with Crippen LogP contribution in [0.15, 0.2) is 35.7 Å². The van der Waals surface area contributed by atoms with Crippen molar-refractivity contribution in [2.45, 2.75) is 0 Å². The van der Waals surface area contributed by atoms with Gasteiger partial charge in [0.15, 0.2) is 5.78 Å². The van der Waals surface area contributed by atoms with E-state index in [1.165, 1.54) is 11.3 Å². The number of nitrogens with zero attached hydrogens (tertiary/aromatic N) is 2. The summed E-state index contributed by atoms with van der Waals surface area (Å²) in [5, 5.41) is 2.79. The van der Waals surface area contributed by atoms with Crippen LogP contribution in [-0.4, -0.2) is 54.2 Å². The molecule has 1 saturated heterocycles. The van der Waals surface area contributed by atoms with Crippen molar-refractivity contribution in [2.75, 3.05) is 32.7 Å². The molecule has 2 heterocycles. The smallest absolute Gasteiger partial charge is 0.255 e. The van der Waals surface area contributed by atoms with Crippen molar-refractivity contribution in [3.05, 3.63) is 56.2 Å². The maximum Gasteiger partial charge on any atom is 0.255 e. The molecule has 0 atom stereocenters. The minimum Gasteiger partial charge on any atom is -0.336 e. The van der Waals surface area contributed by atoms with Crippen LogP contribution in [0, 0.1) is 0 Å². The molecule has 0 aliphatic carbocycles. The molecule has 126 valence electrons. The quantitative estimate of drug-likeness (QED) is 0.756. The number of halogens is 2. The first-order valence-electron chi connectivity index (χ1n) is 7.58. The van der Waals surface area contributed by atoms with E-state index in [0.29, 0.717) is 48.3 Å². The molecule has 0 spiro atoms. The van der Waals surface area contributed by atoms with E-state index in [1.54, 1.807) is 23.1 Å². The predicted molar refractivity (Wildman–Crippen MR) is 97.5 cm³/mol. The monoisotopic (exact) mass is 382 g/mol. The van der Waals surface area contributed by atoms with Gasteiger partial charge < -0.3 is 4.90 Å². The minimum atomic E-state index is -0.119. The lowest BCUT2D eigenvalue weighted by molar-refractivity contribution is 0.0625. The second kappa shape index (κ2) is 7.66. The Balaban J connectivity index is 1.57. The van der Waals surface area contributed by atoms with Crippen molar-refractivity contribution in [3.8, 4) is 0 Å². The Labute approximate surface area is 154 Å². The maximum atomic E-state index is 12.6. The third-order valence-corrected chi connectivity index (χ3v) is 5.46. The highest BCUT2D eigenvalue weighted by Gasteiger charge is 2.25. The van der Waals surface area contributed by atoms with E-state index < -0.39 is 0 Å². The van der Waals surface area contributed by atoms with E-state index in [-0.39, 0.29) is 11.7 Å². The van der Waals surface area contributed by atoms with E-state index in [0.717, 1.165) is 4.88 Å². The molecule has 4 nitrogen and oxygen atoms in total. The number of amides is 1. The Bertz CT molecular complexity index is 741. The fourth-order valence-corrected chi connectivity index (χ4v) is 3.69. The zero-order chi connectivity index (χ0) is 17.1. The van der Waals surface area contributed by atoms with Crippen molar-refractivity contribution < 1.29 is 9.59 Å². The summed E-state index contributed by atoms with van der Waals surface area (Å²) in [5.74, 6) is 0.00870. The summed E-state index contributed by atoms with van der Waals surface area (Å²) in [4.78, 5) is 29.3. The Morgan fingerprint density at radius 1 is 1.08 bits per heavy atom. The largest absolute Gasteiger partial charge is 0.336 e. The van der Waals surface area contributed by atoms with Gasteiger partial charge in [-0.1, -0.05) is 29.3 Å². The van der Waals surface area contributed by atoms with E-state index in [4.69, 9.17) is 23.2 Å². The fourth-order valence-electron chi connectivity index (χ4n) is 2.66. The van der Waals surface area contributed by atoms with Gasteiger partial charge in [0, 0.05) is 31.2 Å². The lowest BCUT2D eigenvalue weighted by Gasteiger charge is -2.34. The van der Waals surface area contributed by atoms with Crippen molar-refractivity contribution in [1.82, 2.24) is 9.80 Å². The van der Waals surface area contributed by atoms with Crippen LogP contribution in [0.4, 0.5) is 0 Å². The zero-order valence-electron chi connectivity index (χ0n) is 12.9. The standard InChI is InChI=1S/C17H16Cl2N2O2S/c18-12-3-4-14(19)13(10-12)17(23)21-7-5-20(6-8-21)11-15(22)16-2-1-9-24-16/h1-4,9-10H,5-8,11H2. The van der Waals surface area contributed by atoms with Crippen LogP contribution in [0.2, 0.25) is 10.0 Å². The topological polar surface area (TPSA) is 40.6 Å². The van der Waals surface area contributed by atoms with Crippen molar-refractivity contribution in [2.24, 2.45) is 0 Å². The number of rotatable bonds is 4. The van der Waals surface area contributed by atoms with E-state index in [1.807, 2.05) is 17.5 Å². The number of carbonyl (C=O) groups is 2. The molecule has 7 heteroatoms. The highest BCUT2D eigenvalue weighted by molar-refractivity contribution is 7.12. The highest BCUT2D eigenvalue weighted by atomic mass is 35.5. The maximum absolute atomic E-state index is 12.6. The van der Waals surface area contributed by atoms with Crippen LogP contribution in [0.25, 0.3) is 0 Å². The molecular formula is C17H16Cl2N2O2S. The summed E-state index contributed by atoms with van der Waals surface area (Å²) < 4.78 is 0. The van der Waals surface area contributed by atoms with Gasteiger partial charge in [0.25, 0.3) is 5.91 Å². The van der Waals surface area contributed by atoms with Gasteiger partial charge in [-0.15, -0.1) is 11.3 Å². The summed E-state index contributed by atoms with van der Waals surface area (Å²) in [5.41, 5.74) is 0.423. The van der Waals surface area contributed by atoms with Crippen LogP contribution in [-0.2, 0) is 0 Å². The summed E-state index contributed by atoms with van der Waals surface area (Å²) in [6.45, 7) is 2.86. The molecule has 0 saturated carbocycles. The fraction of sp³-hybridized carbons (Fsp3) is 0.294. The number of benzene rings is 1. The van der Waals surface area contributed by atoms with Gasteiger partial charge in [0.1, 0.15) is 0 Å². The molecule has 1 aliphatic heterocycles. The number of Topliss-reactive ketones (excluding diaryl/α,β-unsaturated/α-hetero) is 1. The molecule has 24 heavy (non-hydrogen) atoms. The molecule has 1 fully saturated rings. The summed E-state index contributed by atoms with van der Waals surface area (Å²) in [7, 11) is 0. The highest BCUT2D eigenvalue weighted by Crippen LogP contribution is 2.22. The molecule has 0 radical (unpaired) electrons. The van der Waals surface area contributed by atoms with Gasteiger partial charge >= 0.3 is 0 Å². The summed E-state index contributed by atoms with van der Waals surface area (Å²) >= 11 is 13.5. The number of thiophene rings is 1. The average molecular weight is 383 g/mol. The van der Waals surface area contributed by atoms with E-state index in [2.05, 4.69) is 4.90 Å². The molecule has 0 N–H and O–H groups in total. The molecule has 2 aromatic rings. The first kappa shape index (κ1) is 17.4. The number of piperazine rings is 1. The number of ketones is 1. The molecule has 1 aliphatic rings. The van der Waals surface area contributed by atoms with Crippen molar-refractivity contribution in [1.29, 1.82) is 0 Å². The van der Waals surface area contributed by atoms with Gasteiger partial charge in [-0.05, 0) is 29.6 Å². The second-order valence-electron chi connectivity index (χ2n) is 5.59. The number of hydrogen-bond acceptors (Lipinski definition) is 4. The van der Waals surface area contributed by atoms with Gasteiger partial charge in [0.2, 0.25) is 0 Å². The third-order valence-electron chi connectivity index (χ3n) is 3.98. The van der Waals surface area contributed by atoms with Crippen molar-refractivity contribution in [3.63, 3.8) is 0 Å². The molecule has 3 rings (SSSR count). The molecule has 1 amide bonds. The van der Waals surface area contributed by atoms with E-state index >= 15 is 0 Å². The molecule has 0 unspecified atom stereocenters. The second-order valence-corrected chi connectivity index (χ2v) is 7.38. The Kier molecular flexibility index (Phi) is 5.56. The lowest BCUT2D eigenvalue weighted by atomic mass is 10.1. The number of hydrogen-bond donors (Lipinski definition) is 0. The molecule has 1 aromatic heterocycles. The van der Waals surface area contributed by atoms with Crippen LogP contribution in [0.3, 0.4) is 0 Å². The Hall–Kier alpha value is -1.40. The lowest BCUT2D eigenvalue weighted by Crippen LogP contribution is -2.49. The molecule has 1 aromatic carbocycles. The SMILES string of the molecule is O=C(CN1CCN(C(=O)c2cc(Cl)ccc2Cl)CC1)c1cccs1. The van der Waals surface area contributed by atoms with Gasteiger partial charge in [-0.25, -0.2) is 0 Å². The van der Waals surface area contributed by atoms with E-state index in [9.17, 15) is 9.59 Å². The summed E-state index contributed by atoms with van der Waals surface area (Å²) in [6, 6.07) is 8.61. The Morgan fingerprint density at radius 3 is 2.50 bits per heavy atom. The predicted octanol–water partition coefficient (Wildman–Crippen LogP) is 3.70. The Morgan fingerprint density at radius 2 is 1.83 bits per heavy atom. The average Bonchev–Trinajstić information content (AvgIpc) is 3.12. The third kappa shape index (κ3) is 3.98. The number of carbonyl (C=O) groups excluding carboxylic acids is 2. The van der Waals surface area contributed by atoms with Gasteiger partial charge in [-0.3, -0.25) is 14.5 Å². The first-order valence-corrected chi connectivity index (χ1v) is 9.21. The van der Waals surface area contributed by atoms with Crippen LogP contribution >= 0.6 is 34.5 Å². The molecule has 0 bridgehead atoms. The minimum absolute atomic E-state index is 0.119. The van der Waals surface area contributed by atoms with Gasteiger partial charge in [-0.2, -0.15) is 0 Å². The van der Waals surface area contributed by atoms with Crippen LogP contribution in [0.5, 0.6) is 0 Å². The van der Waals surface area contributed by atoms with Crippen LogP contribution < -0.4 is 0 Å². The normalized spacial score (nSPS) is 15.5. The summed E-state index contributed by atoms with van der Waals surface area (Å²) in [6.07, 6.45) is 0. The zero-order valence-corrected chi connectivity index (χ0v) is 15.2. The van der Waals surface area contributed by atoms with Crippen LogP contribution in [0.1, 0.15) is 20.0 Å². The first-order chi connectivity index (χ1) is 11.5. The van der Waals surface area contributed by atoms with Gasteiger partial charge in [0.05, 0.1) is 22.0 Å². The van der Waals surface area contributed by atoms with Crippen molar-refractivity contribution >= 4 is 46.2 Å².